The Morgan fingerprint density at radius 3 is 2.43 bits per heavy atom. The van der Waals surface area contributed by atoms with Crippen LogP contribution < -0.4 is 0 Å². The van der Waals surface area contributed by atoms with E-state index in [0.717, 1.165) is 21.4 Å². The van der Waals surface area contributed by atoms with Gasteiger partial charge in [0.1, 0.15) is 0 Å². The zero-order valence-electron chi connectivity index (χ0n) is 12.7. The van der Waals surface area contributed by atoms with E-state index in [9.17, 15) is 9.90 Å². The van der Waals surface area contributed by atoms with Crippen LogP contribution in [0.5, 0.6) is 5.88 Å². The minimum atomic E-state index is -0.286. The third-order valence-corrected chi connectivity index (χ3v) is 4.73. The van der Waals surface area contributed by atoms with Crippen LogP contribution in [0.25, 0.3) is 10.8 Å². The van der Waals surface area contributed by atoms with Gasteiger partial charge in [-0.25, -0.2) is 0 Å². The first-order valence-corrected chi connectivity index (χ1v) is 8.23. The van der Waals surface area contributed by atoms with Gasteiger partial charge < -0.3 is 14.4 Å². The number of benzene rings is 2. The lowest BCUT2D eigenvalue weighted by Gasteiger charge is -2.10. The molecule has 118 valence electrons. The second-order valence-corrected chi connectivity index (χ2v) is 6.07. The van der Waals surface area contributed by atoms with Crippen LogP contribution in [-0.2, 0) is 16.1 Å². The van der Waals surface area contributed by atoms with Gasteiger partial charge in [-0.05, 0) is 11.6 Å². The van der Waals surface area contributed by atoms with Crippen molar-refractivity contribution in [1.29, 1.82) is 0 Å². The van der Waals surface area contributed by atoms with E-state index in [1.165, 1.54) is 18.9 Å². The number of rotatable bonds is 5. The van der Waals surface area contributed by atoms with Gasteiger partial charge in [0.15, 0.2) is 5.88 Å². The molecule has 1 aromatic heterocycles. The van der Waals surface area contributed by atoms with Gasteiger partial charge in [0.25, 0.3) is 0 Å². The van der Waals surface area contributed by atoms with Crippen LogP contribution in [0.1, 0.15) is 5.56 Å². The fourth-order valence-corrected chi connectivity index (χ4v) is 3.52. The fraction of sp³-hybridized carbons (Fsp3) is 0.167. The standard InChI is InChI=1S/C18H17NO3S/c1-22-16(20)12-23-18-15-10-6-5-9-14(15)17(21)19(18)11-13-7-3-2-4-8-13/h2-10,21H,11-12H2,1H3. The molecule has 1 heterocycles. The van der Waals surface area contributed by atoms with E-state index in [2.05, 4.69) is 0 Å². The number of nitrogens with zero attached hydrogens (tertiary/aromatic N) is 1. The maximum atomic E-state index is 11.5. The number of ether oxygens (including phenoxy) is 1. The first-order chi connectivity index (χ1) is 11.2. The molecule has 4 nitrogen and oxygen atoms in total. The zero-order chi connectivity index (χ0) is 16.2. The summed E-state index contributed by atoms with van der Waals surface area (Å²) < 4.78 is 6.56. The predicted octanol–water partition coefficient (Wildman–Crippen LogP) is 3.66. The topological polar surface area (TPSA) is 51.5 Å². The summed E-state index contributed by atoms with van der Waals surface area (Å²) in [4.78, 5) is 11.5. The number of thioether (sulfide) groups is 1. The molecule has 0 aliphatic carbocycles. The lowest BCUT2D eigenvalue weighted by molar-refractivity contribution is -0.137. The highest BCUT2D eigenvalue weighted by Crippen LogP contribution is 2.37. The summed E-state index contributed by atoms with van der Waals surface area (Å²) in [7, 11) is 1.38. The Bertz CT molecular complexity index is 827. The SMILES string of the molecule is COC(=O)CSc1c2ccccc2c(O)n1Cc1ccccc1. The monoisotopic (exact) mass is 327 g/mol. The molecular weight excluding hydrogens is 310 g/mol. The fourth-order valence-electron chi connectivity index (χ4n) is 2.51. The first kappa shape index (κ1) is 15.5. The minimum Gasteiger partial charge on any atom is -0.494 e. The van der Waals surface area contributed by atoms with Crippen molar-refractivity contribution in [3.8, 4) is 5.88 Å². The highest BCUT2D eigenvalue weighted by molar-refractivity contribution is 8.00. The average Bonchev–Trinajstić information content (AvgIpc) is 2.86. The maximum Gasteiger partial charge on any atom is 0.316 e. The molecule has 1 N–H and O–H groups in total. The van der Waals surface area contributed by atoms with Crippen LogP contribution in [-0.4, -0.2) is 28.5 Å². The molecule has 0 radical (unpaired) electrons. The Balaban J connectivity index is 2.03. The average molecular weight is 327 g/mol. The molecule has 5 heteroatoms. The van der Waals surface area contributed by atoms with Crippen LogP contribution in [0.15, 0.2) is 59.6 Å². The quantitative estimate of drug-likeness (QED) is 0.574. The summed E-state index contributed by atoms with van der Waals surface area (Å²) in [6.07, 6.45) is 0. The summed E-state index contributed by atoms with van der Waals surface area (Å²) >= 11 is 1.38. The number of fused-ring (bicyclic) bond motifs is 1. The molecule has 0 unspecified atom stereocenters. The van der Waals surface area contributed by atoms with E-state index >= 15 is 0 Å². The first-order valence-electron chi connectivity index (χ1n) is 7.24. The van der Waals surface area contributed by atoms with Crippen LogP contribution in [0, 0.1) is 0 Å². The summed E-state index contributed by atoms with van der Waals surface area (Å²) in [6, 6.07) is 17.6. The molecule has 23 heavy (non-hydrogen) atoms. The van der Waals surface area contributed by atoms with Crippen LogP contribution >= 0.6 is 11.8 Å². The Kier molecular flexibility index (Phi) is 4.57. The Morgan fingerprint density at radius 2 is 1.74 bits per heavy atom. The molecule has 0 atom stereocenters. The van der Waals surface area contributed by atoms with E-state index in [-0.39, 0.29) is 17.6 Å². The van der Waals surface area contributed by atoms with E-state index in [1.807, 2.05) is 59.2 Å². The maximum absolute atomic E-state index is 11.5. The van der Waals surface area contributed by atoms with Crippen LogP contribution in [0.3, 0.4) is 0 Å². The second-order valence-electron chi connectivity index (χ2n) is 5.11. The molecule has 0 saturated heterocycles. The second kappa shape index (κ2) is 6.79. The normalized spacial score (nSPS) is 10.8. The number of hydrogen-bond donors (Lipinski definition) is 1. The van der Waals surface area contributed by atoms with E-state index in [1.54, 1.807) is 0 Å². The molecule has 0 aliphatic rings. The predicted molar refractivity (Wildman–Crippen MR) is 91.9 cm³/mol. The number of aromatic hydroxyl groups is 1. The van der Waals surface area contributed by atoms with Gasteiger partial charge in [0, 0.05) is 10.8 Å². The van der Waals surface area contributed by atoms with Gasteiger partial charge in [-0.2, -0.15) is 0 Å². The van der Waals surface area contributed by atoms with E-state index < -0.39 is 0 Å². The highest BCUT2D eigenvalue weighted by atomic mass is 32.2. The molecule has 3 rings (SSSR count). The van der Waals surface area contributed by atoms with Crippen molar-refractivity contribution in [3.05, 3.63) is 60.2 Å². The van der Waals surface area contributed by atoms with Crippen molar-refractivity contribution in [3.63, 3.8) is 0 Å². The number of aromatic nitrogens is 1. The van der Waals surface area contributed by atoms with Gasteiger partial charge in [0.2, 0.25) is 0 Å². The van der Waals surface area contributed by atoms with Gasteiger partial charge in [-0.1, -0.05) is 60.3 Å². The lowest BCUT2D eigenvalue weighted by Crippen LogP contribution is -2.06. The highest BCUT2D eigenvalue weighted by Gasteiger charge is 2.17. The summed E-state index contributed by atoms with van der Waals surface area (Å²) in [5.74, 6) is 0.140. The smallest absolute Gasteiger partial charge is 0.316 e. The Hall–Kier alpha value is -2.40. The number of methoxy groups -OCH3 is 1. The largest absolute Gasteiger partial charge is 0.494 e. The van der Waals surface area contributed by atoms with Crippen LogP contribution in [0.4, 0.5) is 0 Å². The minimum absolute atomic E-state index is 0.207. The molecule has 2 aromatic carbocycles. The van der Waals surface area contributed by atoms with Crippen molar-refractivity contribution in [2.75, 3.05) is 12.9 Å². The Labute approximate surface area is 138 Å². The molecule has 3 aromatic rings. The van der Waals surface area contributed by atoms with Gasteiger partial charge in [0.05, 0.1) is 24.4 Å². The molecule has 0 bridgehead atoms. The molecule has 0 spiro atoms. The van der Waals surface area contributed by atoms with Gasteiger partial charge >= 0.3 is 5.97 Å². The van der Waals surface area contributed by atoms with Gasteiger partial charge in [-0.15, -0.1) is 0 Å². The molecular formula is C18H17NO3S. The number of carbonyl (C=O) groups excluding carboxylic acids is 1. The molecule has 0 aliphatic heterocycles. The lowest BCUT2D eigenvalue weighted by atomic mass is 10.2. The van der Waals surface area contributed by atoms with E-state index in [4.69, 9.17) is 4.74 Å². The zero-order valence-corrected chi connectivity index (χ0v) is 13.5. The summed E-state index contributed by atoms with van der Waals surface area (Å²) in [6.45, 7) is 0.546. The number of carbonyl (C=O) groups is 1. The molecule has 0 saturated carbocycles. The Morgan fingerprint density at radius 1 is 1.09 bits per heavy atom. The van der Waals surface area contributed by atoms with Gasteiger partial charge in [-0.3, -0.25) is 4.79 Å². The molecule has 0 fully saturated rings. The van der Waals surface area contributed by atoms with Crippen LogP contribution in [0.2, 0.25) is 0 Å². The van der Waals surface area contributed by atoms with Crippen molar-refractivity contribution in [2.24, 2.45) is 0 Å². The summed E-state index contributed by atoms with van der Waals surface area (Å²) in [5, 5.41) is 13.2. The van der Waals surface area contributed by atoms with Crippen molar-refractivity contribution in [2.45, 2.75) is 11.6 Å². The third-order valence-electron chi connectivity index (χ3n) is 3.64. The van der Waals surface area contributed by atoms with Crippen molar-refractivity contribution < 1.29 is 14.6 Å². The molecule has 0 amide bonds. The third kappa shape index (κ3) is 3.19. The van der Waals surface area contributed by atoms with Crippen molar-refractivity contribution >= 4 is 28.5 Å². The van der Waals surface area contributed by atoms with E-state index in [0.29, 0.717) is 6.54 Å². The van der Waals surface area contributed by atoms with Crippen molar-refractivity contribution in [1.82, 2.24) is 4.57 Å². The number of hydrogen-bond acceptors (Lipinski definition) is 4. The number of esters is 1. The summed E-state index contributed by atoms with van der Waals surface area (Å²) in [5.41, 5.74) is 1.09.